The van der Waals surface area contributed by atoms with Crippen molar-refractivity contribution < 1.29 is 19.2 Å². The number of amides is 1. The number of nitrogens with one attached hydrogen (secondary N) is 1. The zero-order valence-electron chi connectivity index (χ0n) is 13.4. The van der Waals surface area contributed by atoms with Crippen LogP contribution in [-0.2, 0) is 0 Å². The molecule has 1 heterocycles. The molecule has 8 heteroatoms. The third-order valence-corrected chi connectivity index (χ3v) is 3.21. The molecule has 3 aromatic rings. The molecule has 1 N–H and O–H groups in total. The minimum atomic E-state index is -0.684. The van der Waals surface area contributed by atoms with Crippen molar-refractivity contribution in [3.8, 4) is 17.4 Å². The number of nitrogens with zero attached hydrogens (tertiary/aromatic N) is 2. The maximum absolute atomic E-state index is 11.9. The molecule has 0 saturated heterocycles. The Morgan fingerprint density at radius 1 is 1.00 bits per heavy atom. The Morgan fingerprint density at radius 3 is 2.42 bits per heavy atom. The van der Waals surface area contributed by atoms with E-state index >= 15 is 0 Å². The van der Waals surface area contributed by atoms with Gasteiger partial charge in [0.1, 0.15) is 11.5 Å². The van der Waals surface area contributed by atoms with E-state index in [2.05, 4.69) is 10.3 Å². The second-order valence-corrected chi connectivity index (χ2v) is 5.06. The smallest absolute Gasteiger partial charge is 0.418 e. The van der Waals surface area contributed by atoms with E-state index in [9.17, 15) is 14.9 Å². The van der Waals surface area contributed by atoms with Crippen molar-refractivity contribution in [2.75, 3.05) is 5.32 Å². The molecule has 0 aliphatic rings. The molecule has 130 valence electrons. The molecule has 1 amide bonds. The van der Waals surface area contributed by atoms with Gasteiger partial charge in [0.05, 0.1) is 4.92 Å². The third-order valence-electron chi connectivity index (χ3n) is 3.21. The van der Waals surface area contributed by atoms with Crippen LogP contribution in [0.3, 0.4) is 0 Å². The van der Waals surface area contributed by atoms with Crippen LogP contribution >= 0.6 is 0 Å². The molecule has 0 unspecified atom stereocenters. The van der Waals surface area contributed by atoms with Crippen LogP contribution in [-0.4, -0.2) is 16.0 Å². The predicted molar refractivity (Wildman–Crippen MR) is 93.5 cm³/mol. The number of carbonyl (C=O) groups is 1. The van der Waals surface area contributed by atoms with Gasteiger partial charge in [-0.15, -0.1) is 0 Å². The number of para-hydroxylation sites is 1. The van der Waals surface area contributed by atoms with Crippen molar-refractivity contribution in [2.45, 2.75) is 0 Å². The van der Waals surface area contributed by atoms with Crippen LogP contribution in [0.4, 0.5) is 16.2 Å². The number of non-ortho nitro benzene ring substituents is 1. The molecule has 2 aromatic carbocycles. The van der Waals surface area contributed by atoms with Gasteiger partial charge in [0, 0.05) is 30.1 Å². The summed E-state index contributed by atoms with van der Waals surface area (Å²) in [7, 11) is 0. The maximum Gasteiger partial charge on any atom is 0.418 e. The number of benzene rings is 2. The fourth-order valence-corrected chi connectivity index (χ4v) is 2.04. The van der Waals surface area contributed by atoms with Gasteiger partial charge in [0.15, 0.2) is 0 Å². The first kappa shape index (κ1) is 16.9. The number of hydrogen-bond donors (Lipinski definition) is 1. The fraction of sp³-hybridized carbons (Fsp3) is 0. The first-order valence-corrected chi connectivity index (χ1v) is 7.52. The zero-order valence-corrected chi connectivity index (χ0v) is 13.4. The Labute approximate surface area is 148 Å². The number of rotatable bonds is 5. The van der Waals surface area contributed by atoms with Gasteiger partial charge in [-0.1, -0.05) is 18.2 Å². The van der Waals surface area contributed by atoms with Gasteiger partial charge >= 0.3 is 6.09 Å². The highest BCUT2D eigenvalue weighted by Crippen LogP contribution is 2.25. The third kappa shape index (κ3) is 4.54. The molecule has 8 nitrogen and oxygen atoms in total. The van der Waals surface area contributed by atoms with Gasteiger partial charge in [-0.3, -0.25) is 15.4 Å². The van der Waals surface area contributed by atoms with Crippen molar-refractivity contribution >= 4 is 17.5 Å². The highest BCUT2D eigenvalue weighted by Gasteiger charge is 2.09. The zero-order chi connectivity index (χ0) is 18.4. The Balaban J connectivity index is 1.64. The van der Waals surface area contributed by atoms with Crippen LogP contribution in [0, 0.1) is 10.1 Å². The summed E-state index contributed by atoms with van der Waals surface area (Å²) in [5, 5.41) is 13.2. The predicted octanol–water partition coefficient (Wildman–Crippen LogP) is 4.39. The van der Waals surface area contributed by atoms with E-state index in [0.29, 0.717) is 17.2 Å². The van der Waals surface area contributed by atoms with Gasteiger partial charge in [0.2, 0.25) is 5.88 Å². The average molecular weight is 351 g/mol. The van der Waals surface area contributed by atoms with Gasteiger partial charge in [-0.25, -0.2) is 9.78 Å². The Kier molecular flexibility index (Phi) is 5.04. The summed E-state index contributed by atoms with van der Waals surface area (Å²) < 4.78 is 10.7. The number of pyridine rings is 1. The quantitative estimate of drug-likeness (QED) is 0.540. The van der Waals surface area contributed by atoms with Gasteiger partial charge < -0.3 is 9.47 Å². The van der Waals surface area contributed by atoms with E-state index in [0.717, 1.165) is 0 Å². The summed E-state index contributed by atoms with van der Waals surface area (Å²) in [5.41, 5.74) is 0.560. The Bertz CT molecular complexity index is 914. The van der Waals surface area contributed by atoms with Crippen LogP contribution in [0.2, 0.25) is 0 Å². The number of nitro groups is 1. The molecule has 0 aliphatic heterocycles. The minimum Gasteiger partial charge on any atom is -0.457 e. The number of aromatic nitrogens is 1. The standard InChI is InChI=1S/C18H13N3O5/c22-18(20-13-4-2-1-3-5-13)26-17-12-16(10-11-19-17)25-15-8-6-14(7-9-15)21(23)24/h1-12H,(H,20,22). The number of carbonyl (C=O) groups excluding carboxylic acids is 1. The molecule has 0 radical (unpaired) electrons. The fourth-order valence-electron chi connectivity index (χ4n) is 2.04. The number of anilines is 1. The molecular formula is C18H13N3O5. The van der Waals surface area contributed by atoms with Gasteiger partial charge in [-0.05, 0) is 30.3 Å². The number of nitro benzene ring substituents is 1. The van der Waals surface area contributed by atoms with Crippen molar-refractivity contribution in [2.24, 2.45) is 0 Å². The molecule has 0 spiro atoms. The summed E-state index contributed by atoms with van der Waals surface area (Å²) in [5.74, 6) is 0.829. The summed E-state index contributed by atoms with van der Waals surface area (Å²) in [4.78, 5) is 26.0. The number of ether oxygens (including phenoxy) is 2. The van der Waals surface area contributed by atoms with Crippen molar-refractivity contribution in [3.63, 3.8) is 0 Å². The highest BCUT2D eigenvalue weighted by atomic mass is 16.6. The first-order valence-electron chi connectivity index (χ1n) is 7.52. The maximum atomic E-state index is 11.9. The highest BCUT2D eigenvalue weighted by molar-refractivity contribution is 5.85. The van der Waals surface area contributed by atoms with Crippen LogP contribution < -0.4 is 14.8 Å². The lowest BCUT2D eigenvalue weighted by molar-refractivity contribution is -0.384. The molecule has 0 fully saturated rings. The molecule has 0 saturated carbocycles. The normalized spacial score (nSPS) is 10.0. The molecule has 26 heavy (non-hydrogen) atoms. The van der Waals surface area contributed by atoms with E-state index in [1.807, 2.05) is 6.07 Å². The molecule has 0 aliphatic carbocycles. The van der Waals surface area contributed by atoms with Crippen LogP contribution in [0.1, 0.15) is 0 Å². The summed E-state index contributed by atoms with van der Waals surface area (Å²) >= 11 is 0. The van der Waals surface area contributed by atoms with E-state index in [1.165, 1.54) is 36.5 Å². The minimum absolute atomic E-state index is 0.0336. The van der Waals surface area contributed by atoms with Crippen molar-refractivity contribution in [1.29, 1.82) is 0 Å². The number of hydrogen-bond acceptors (Lipinski definition) is 6. The van der Waals surface area contributed by atoms with Gasteiger partial charge in [-0.2, -0.15) is 0 Å². The van der Waals surface area contributed by atoms with Crippen molar-refractivity contribution in [3.05, 3.63) is 83.0 Å². The molecule has 1 aromatic heterocycles. The molecule has 0 bridgehead atoms. The molecule has 3 rings (SSSR count). The summed E-state index contributed by atoms with van der Waals surface area (Å²) in [6.07, 6.45) is 0.738. The Morgan fingerprint density at radius 2 is 1.73 bits per heavy atom. The molecular weight excluding hydrogens is 338 g/mol. The second-order valence-electron chi connectivity index (χ2n) is 5.06. The lowest BCUT2D eigenvalue weighted by atomic mass is 10.3. The summed E-state index contributed by atoms with van der Waals surface area (Å²) in [6.45, 7) is 0. The Hall–Kier alpha value is -3.94. The summed E-state index contributed by atoms with van der Waals surface area (Å²) in [6, 6.07) is 17.5. The topological polar surface area (TPSA) is 104 Å². The SMILES string of the molecule is O=C(Nc1ccccc1)Oc1cc(Oc2ccc([N+](=O)[O-])cc2)ccn1. The lowest BCUT2D eigenvalue weighted by Crippen LogP contribution is -2.17. The van der Waals surface area contributed by atoms with Crippen LogP contribution in [0.25, 0.3) is 0 Å². The van der Waals surface area contributed by atoms with E-state index in [4.69, 9.17) is 9.47 Å². The van der Waals surface area contributed by atoms with Crippen LogP contribution in [0.15, 0.2) is 72.9 Å². The van der Waals surface area contributed by atoms with E-state index in [1.54, 1.807) is 30.3 Å². The monoisotopic (exact) mass is 351 g/mol. The van der Waals surface area contributed by atoms with E-state index < -0.39 is 11.0 Å². The largest absolute Gasteiger partial charge is 0.457 e. The van der Waals surface area contributed by atoms with Crippen LogP contribution in [0.5, 0.6) is 17.4 Å². The van der Waals surface area contributed by atoms with Gasteiger partial charge in [0.25, 0.3) is 5.69 Å². The molecule has 0 atom stereocenters. The van der Waals surface area contributed by atoms with Crippen molar-refractivity contribution in [1.82, 2.24) is 4.98 Å². The van der Waals surface area contributed by atoms with E-state index in [-0.39, 0.29) is 11.6 Å². The average Bonchev–Trinajstić information content (AvgIpc) is 2.63. The first-order chi connectivity index (χ1) is 12.6. The lowest BCUT2D eigenvalue weighted by Gasteiger charge is -2.08. The second kappa shape index (κ2) is 7.75.